The molecule has 0 atom stereocenters. The first-order valence-corrected chi connectivity index (χ1v) is 16.2. The Morgan fingerprint density at radius 1 is 0.744 bits per heavy atom. The highest BCUT2D eigenvalue weighted by Crippen LogP contribution is 2.47. The van der Waals surface area contributed by atoms with Gasteiger partial charge in [0.05, 0.1) is 18.1 Å². The van der Waals surface area contributed by atoms with Crippen molar-refractivity contribution < 1.29 is 18.9 Å². The summed E-state index contributed by atoms with van der Waals surface area (Å²) in [5, 5.41) is 4.42. The number of nitrogens with zero attached hydrogens (tertiary/aromatic N) is 1. The van der Waals surface area contributed by atoms with E-state index in [1.807, 2.05) is 48.5 Å². The molecule has 0 amide bonds. The number of piperazine rings is 1. The fraction of sp³-hybridized carbons (Fsp3) is 0.257. The zero-order valence-corrected chi connectivity index (χ0v) is 26.4. The van der Waals surface area contributed by atoms with Crippen LogP contribution in [-0.4, -0.2) is 57.4 Å². The SMILES string of the molecule is Brc1ccc(-c2sc3cc(OCc4ccccc4)ccc3c2Oc2ccc(OCCOCCN3CCNCC3)cc2)cc1. The Kier molecular flexibility index (Phi) is 10.3. The summed E-state index contributed by atoms with van der Waals surface area (Å²) in [4.78, 5) is 3.49. The zero-order valence-electron chi connectivity index (χ0n) is 24.0. The standard InChI is InChI=1S/C35H35BrN2O4S/c36-28-8-6-27(7-9-28)35-34(32-15-14-31(24-33(32)43-35)41-25-26-4-2-1-3-5-26)42-30-12-10-29(11-13-30)40-23-22-39-21-20-38-18-16-37-17-19-38/h1-15,24,37H,16-23,25H2. The van der Waals surface area contributed by atoms with E-state index in [2.05, 4.69) is 74.7 Å². The average molecular weight is 660 g/mol. The van der Waals surface area contributed by atoms with Gasteiger partial charge in [0.25, 0.3) is 0 Å². The second kappa shape index (κ2) is 14.9. The molecule has 6 nitrogen and oxygen atoms in total. The second-order valence-corrected chi connectivity index (χ2v) is 12.3. The van der Waals surface area contributed by atoms with Gasteiger partial charge in [0, 0.05) is 47.3 Å². The number of fused-ring (bicyclic) bond motifs is 1. The van der Waals surface area contributed by atoms with Crippen molar-refractivity contribution in [3.05, 3.63) is 107 Å². The average Bonchev–Trinajstić information content (AvgIpc) is 3.41. The van der Waals surface area contributed by atoms with Crippen LogP contribution in [0.15, 0.2) is 102 Å². The number of hydrogen-bond acceptors (Lipinski definition) is 7. The summed E-state index contributed by atoms with van der Waals surface area (Å²) >= 11 is 5.26. The normalized spacial score (nSPS) is 13.7. The van der Waals surface area contributed by atoms with Gasteiger partial charge in [-0.05, 0) is 65.7 Å². The Balaban J connectivity index is 1.11. The van der Waals surface area contributed by atoms with Crippen LogP contribution in [0.2, 0.25) is 0 Å². The van der Waals surface area contributed by atoms with Crippen molar-refractivity contribution in [1.82, 2.24) is 10.2 Å². The summed E-state index contributed by atoms with van der Waals surface area (Å²) in [6.45, 7) is 7.59. The fourth-order valence-corrected chi connectivity index (χ4v) is 6.38. The Bertz CT molecular complexity index is 1590. The first-order valence-electron chi connectivity index (χ1n) is 14.6. The van der Waals surface area contributed by atoms with Crippen LogP contribution in [0.25, 0.3) is 20.5 Å². The molecule has 5 aromatic rings. The summed E-state index contributed by atoms with van der Waals surface area (Å²) in [5.74, 6) is 3.22. The smallest absolute Gasteiger partial charge is 0.153 e. The lowest BCUT2D eigenvalue weighted by atomic mass is 10.1. The maximum atomic E-state index is 6.56. The van der Waals surface area contributed by atoms with Crippen molar-refractivity contribution in [2.45, 2.75) is 6.61 Å². The molecular formula is C35H35BrN2O4S. The van der Waals surface area contributed by atoms with Gasteiger partial charge in [-0.3, -0.25) is 4.90 Å². The number of nitrogens with one attached hydrogen (secondary N) is 1. The van der Waals surface area contributed by atoms with Crippen molar-refractivity contribution in [3.63, 3.8) is 0 Å². The summed E-state index contributed by atoms with van der Waals surface area (Å²) in [5.41, 5.74) is 2.24. The lowest BCUT2D eigenvalue weighted by molar-refractivity contribution is 0.0767. The predicted molar refractivity (Wildman–Crippen MR) is 178 cm³/mol. The monoisotopic (exact) mass is 658 g/mol. The molecule has 222 valence electrons. The molecule has 0 aliphatic carbocycles. The van der Waals surface area contributed by atoms with Crippen LogP contribution >= 0.6 is 27.3 Å². The molecule has 0 saturated carbocycles. The van der Waals surface area contributed by atoms with Crippen LogP contribution in [0.3, 0.4) is 0 Å². The van der Waals surface area contributed by atoms with Gasteiger partial charge in [-0.1, -0.05) is 58.4 Å². The third-order valence-corrected chi connectivity index (χ3v) is 8.98. The molecule has 0 unspecified atom stereocenters. The number of ether oxygens (including phenoxy) is 4. The van der Waals surface area contributed by atoms with Gasteiger partial charge in [-0.2, -0.15) is 0 Å². The molecular weight excluding hydrogens is 624 g/mol. The van der Waals surface area contributed by atoms with Gasteiger partial charge in [0.2, 0.25) is 0 Å². The minimum atomic E-state index is 0.513. The highest BCUT2D eigenvalue weighted by atomic mass is 79.9. The van der Waals surface area contributed by atoms with Crippen LogP contribution in [0.5, 0.6) is 23.0 Å². The molecule has 0 spiro atoms. The number of rotatable bonds is 13. The van der Waals surface area contributed by atoms with Crippen LogP contribution in [-0.2, 0) is 11.3 Å². The van der Waals surface area contributed by atoms with E-state index < -0.39 is 0 Å². The van der Waals surface area contributed by atoms with E-state index in [4.69, 9.17) is 18.9 Å². The first kappa shape index (κ1) is 29.7. The number of benzene rings is 4. The van der Waals surface area contributed by atoms with Crippen molar-refractivity contribution in [2.24, 2.45) is 0 Å². The quantitative estimate of drug-likeness (QED) is 0.129. The molecule has 2 heterocycles. The molecule has 1 fully saturated rings. The van der Waals surface area contributed by atoms with E-state index in [-0.39, 0.29) is 0 Å². The lowest BCUT2D eigenvalue weighted by Gasteiger charge is -2.26. The second-order valence-electron chi connectivity index (χ2n) is 10.3. The van der Waals surface area contributed by atoms with Gasteiger partial charge < -0.3 is 24.3 Å². The molecule has 8 heteroatoms. The molecule has 1 aliphatic heterocycles. The molecule has 1 saturated heterocycles. The number of thiophene rings is 1. The molecule has 1 aliphatic rings. The minimum Gasteiger partial charge on any atom is -0.491 e. The zero-order chi connectivity index (χ0) is 29.3. The van der Waals surface area contributed by atoms with E-state index in [0.717, 1.165) is 92.9 Å². The van der Waals surface area contributed by atoms with E-state index in [1.165, 1.54) is 0 Å². The van der Waals surface area contributed by atoms with Gasteiger partial charge in [-0.25, -0.2) is 0 Å². The summed E-state index contributed by atoms with van der Waals surface area (Å²) in [7, 11) is 0. The van der Waals surface area contributed by atoms with Gasteiger partial charge in [-0.15, -0.1) is 11.3 Å². The van der Waals surface area contributed by atoms with Crippen molar-refractivity contribution in [2.75, 3.05) is 52.5 Å². The number of hydrogen-bond donors (Lipinski definition) is 1. The van der Waals surface area contributed by atoms with E-state index in [0.29, 0.717) is 19.8 Å². The van der Waals surface area contributed by atoms with Crippen LogP contribution in [0.4, 0.5) is 0 Å². The van der Waals surface area contributed by atoms with Gasteiger partial charge >= 0.3 is 0 Å². The van der Waals surface area contributed by atoms with E-state index in [9.17, 15) is 0 Å². The van der Waals surface area contributed by atoms with E-state index >= 15 is 0 Å². The lowest BCUT2D eigenvalue weighted by Crippen LogP contribution is -2.44. The third-order valence-electron chi connectivity index (χ3n) is 7.27. The molecule has 1 aromatic heterocycles. The van der Waals surface area contributed by atoms with Crippen LogP contribution in [0, 0.1) is 0 Å². The minimum absolute atomic E-state index is 0.513. The third kappa shape index (κ3) is 8.16. The maximum absolute atomic E-state index is 6.56. The molecule has 6 rings (SSSR count). The summed E-state index contributed by atoms with van der Waals surface area (Å²) < 4.78 is 26.5. The molecule has 1 N–H and O–H groups in total. The molecule has 43 heavy (non-hydrogen) atoms. The van der Waals surface area contributed by atoms with Gasteiger partial charge in [0.15, 0.2) is 5.75 Å². The first-order chi connectivity index (χ1) is 21.2. The molecule has 0 bridgehead atoms. The van der Waals surface area contributed by atoms with Crippen LogP contribution in [0.1, 0.15) is 5.56 Å². The molecule has 0 radical (unpaired) electrons. The van der Waals surface area contributed by atoms with Crippen molar-refractivity contribution in [1.29, 1.82) is 0 Å². The topological polar surface area (TPSA) is 52.2 Å². The largest absolute Gasteiger partial charge is 0.491 e. The van der Waals surface area contributed by atoms with Crippen LogP contribution < -0.4 is 19.5 Å². The Hall–Kier alpha value is -3.40. The van der Waals surface area contributed by atoms with E-state index in [1.54, 1.807) is 11.3 Å². The summed E-state index contributed by atoms with van der Waals surface area (Å²) in [6, 6.07) is 32.5. The number of halogens is 1. The highest BCUT2D eigenvalue weighted by molar-refractivity contribution is 9.10. The predicted octanol–water partition coefficient (Wildman–Crippen LogP) is 8.00. The fourth-order valence-electron chi connectivity index (χ4n) is 4.95. The van der Waals surface area contributed by atoms with Crippen molar-refractivity contribution in [3.8, 4) is 33.4 Å². The Labute approximate surface area is 265 Å². The van der Waals surface area contributed by atoms with Crippen molar-refractivity contribution >= 4 is 37.4 Å². The summed E-state index contributed by atoms with van der Waals surface area (Å²) in [6.07, 6.45) is 0. The maximum Gasteiger partial charge on any atom is 0.153 e. The Morgan fingerprint density at radius 3 is 2.28 bits per heavy atom. The van der Waals surface area contributed by atoms with Gasteiger partial charge in [0.1, 0.15) is 30.5 Å². The molecule has 4 aromatic carbocycles. The highest BCUT2D eigenvalue weighted by Gasteiger charge is 2.17. The Morgan fingerprint density at radius 2 is 1.49 bits per heavy atom.